The molecule has 0 spiro atoms. The summed E-state index contributed by atoms with van der Waals surface area (Å²) in [4.78, 5) is 0. The van der Waals surface area contributed by atoms with Gasteiger partial charge in [0.15, 0.2) is 0 Å². The summed E-state index contributed by atoms with van der Waals surface area (Å²) in [7, 11) is 0. The van der Waals surface area contributed by atoms with Crippen LogP contribution >= 0.6 is 0 Å². The second kappa shape index (κ2) is 7.67. The van der Waals surface area contributed by atoms with E-state index < -0.39 is 0 Å². The lowest BCUT2D eigenvalue weighted by Gasteiger charge is -2.41. The van der Waals surface area contributed by atoms with Crippen molar-refractivity contribution in [2.75, 3.05) is 6.54 Å². The van der Waals surface area contributed by atoms with Crippen LogP contribution in [0.25, 0.3) is 0 Å². The molecule has 0 amide bonds. The zero-order chi connectivity index (χ0) is 13.7. The summed E-state index contributed by atoms with van der Waals surface area (Å²) in [5.41, 5.74) is 0. The van der Waals surface area contributed by atoms with Crippen LogP contribution in [0, 0.1) is 23.7 Å². The second-order valence-electron chi connectivity index (χ2n) is 7.30. The van der Waals surface area contributed by atoms with E-state index in [0.717, 1.165) is 36.3 Å². The Morgan fingerprint density at radius 2 is 1.68 bits per heavy atom. The van der Waals surface area contributed by atoms with E-state index in [1.54, 1.807) is 0 Å². The first kappa shape index (κ1) is 15.4. The molecule has 19 heavy (non-hydrogen) atoms. The van der Waals surface area contributed by atoms with E-state index in [1.165, 1.54) is 57.8 Å². The third kappa shape index (κ3) is 4.21. The highest BCUT2D eigenvalue weighted by Crippen LogP contribution is 2.39. The Labute approximate surface area is 120 Å². The van der Waals surface area contributed by atoms with E-state index >= 15 is 0 Å². The fourth-order valence-corrected chi connectivity index (χ4v) is 4.63. The molecule has 0 aromatic heterocycles. The topological polar surface area (TPSA) is 12.0 Å². The van der Waals surface area contributed by atoms with Crippen LogP contribution in [0.5, 0.6) is 0 Å². The Morgan fingerprint density at radius 3 is 2.32 bits per heavy atom. The molecule has 0 aromatic carbocycles. The van der Waals surface area contributed by atoms with Gasteiger partial charge in [0, 0.05) is 6.04 Å². The normalized spacial score (nSPS) is 38.1. The molecule has 2 fully saturated rings. The molecule has 2 saturated carbocycles. The van der Waals surface area contributed by atoms with E-state index in [2.05, 4.69) is 26.1 Å². The van der Waals surface area contributed by atoms with Gasteiger partial charge in [-0.1, -0.05) is 52.9 Å². The quantitative estimate of drug-likeness (QED) is 0.737. The predicted octanol–water partition coefficient (Wildman–Crippen LogP) is 5.01. The summed E-state index contributed by atoms with van der Waals surface area (Å²) >= 11 is 0. The first-order chi connectivity index (χ1) is 9.24. The highest BCUT2D eigenvalue weighted by molar-refractivity contribution is 4.88. The van der Waals surface area contributed by atoms with Gasteiger partial charge in [-0.05, 0) is 55.9 Å². The van der Waals surface area contributed by atoms with Crippen molar-refractivity contribution in [1.29, 1.82) is 0 Å². The van der Waals surface area contributed by atoms with Gasteiger partial charge in [-0.2, -0.15) is 0 Å². The number of rotatable bonds is 5. The van der Waals surface area contributed by atoms with Gasteiger partial charge in [-0.3, -0.25) is 0 Å². The minimum atomic E-state index is 0.826. The van der Waals surface area contributed by atoms with Gasteiger partial charge >= 0.3 is 0 Å². The van der Waals surface area contributed by atoms with Gasteiger partial charge in [0.1, 0.15) is 0 Å². The summed E-state index contributed by atoms with van der Waals surface area (Å²) in [5.74, 6) is 3.93. The van der Waals surface area contributed by atoms with Crippen LogP contribution in [0.3, 0.4) is 0 Å². The van der Waals surface area contributed by atoms with Crippen LogP contribution in [0.2, 0.25) is 0 Å². The molecule has 0 aliphatic heterocycles. The Hall–Kier alpha value is -0.0400. The maximum absolute atomic E-state index is 3.88. The standard InChI is InChI=1S/C18H35N/c1-4-15-7-6-8-17(13-15)18(19-5-2)16-11-9-14(3)10-12-16/h14-19H,4-13H2,1-3H3. The summed E-state index contributed by atoms with van der Waals surface area (Å²) in [6, 6.07) is 0.826. The molecule has 1 nitrogen and oxygen atoms in total. The molecule has 0 saturated heterocycles. The Bertz CT molecular complexity index is 242. The maximum Gasteiger partial charge on any atom is 0.0124 e. The number of nitrogens with one attached hydrogen (secondary N) is 1. The molecule has 0 bridgehead atoms. The van der Waals surface area contributed by atoms with Crippen molar-refractivity contribution in [1.82, 2.24) is 5.32 Å². The fourth-order valence-electron chi connectivity index (χ4n) is 4.63. The zero-order valence-corrected chi connectivity index (χ0v) is 13.5. The lowest BCUT2D eigenvalue weighted by Crippen LogP contribution is -2.45. The third-order valence-corrected chi connectivity index (χ3v) is 5.92. The Kier molecular flexibility index (Phi) is 6.19. The van der Waals surface area contributed by atoms with Crippen LogP contribution in [-0.2, 0) is 0 Å². The minimum absolute atomic E-state index is 0.826. The zero-order valence-electron chi connectivity index (χ0n) is 13.5. The molecule has 2 rings (SSSR count). The summed E-state index contributed by atoms with van der Waals surface area (Å²) in [6.07, 6.45) is 13.3. The largest absolute Gasteiger partial charge is 0.314 e. The first-order valence-electron chi connectivity index (χ1n) is 8.97. The van der Waals surface area contributed by atoms with Gasteiger partial charge in [0.05, 0.1) is 0 Å². The fraction of sp³-hybridized carbons (Fsp3) is 1.00. The Morgan fingerprint density at radius 1 is 0.947 bits per heavy atom. The van der Waals surface area contributed by atoms with E-state index in [1.807, 2.05) is 0 Å². The van der Waals surface area contributed by atoms with Crippen molar-refractivity contribution >= 4 is 0 Å². The van der Waals surface area contributed by atoms with Gasteiger partial charge in [-0.25, -0.2) is 0 Å². The Balaban J connectivity index is 1.94. The lowest BCUT2D eigenvalue weighted by molar-refractivity contribution is 0.135. The van der Waals surface area contributed by atoms with E-state index in [0.29, 0.717) is 0 Å². The van der Waals surface area contributed by atoms with Crippen molar-refractivity contribution < 1.29 is 0 Å². The summed E-state index contributed by atoms with van der Waals surface area (Å²) in [5, 5.41) is 3.88. The van der Waals surface area contributed by atoms with E-state index in [4.69, 9.17) is 0 Å². The third-order valence-electron chi connectivity index (χ3n) is 5.92. The minimum Gasteiger partial charge on any atom is -0.314 e. The van der Waals surface area contributed by atoms with Crippen LogP contribution < -0.4 is 5.32 Å². The monoisotopic (exact) mass is 265 g/mol. The molecule has 3 atom stereocenters. The van der Waals surface area contributed by atoms with E-state index in [-0.39, 0.29) is 0 Å². The van der Waals surface area contributed by atoms with Crippen LogP contribution in [0.4, 0.5) is 0 Å². The highest BCUT2D eigenvalue weighted by atomic mass is 14.9. The molecule has 0 heterocycles. The van der Waals surface area contributed by atoms with Crippen molar-refractivity contribution in [2.45, 2.75) is 84.6 Å². The van der Waals surface area contributed by atoms with Crippen molar-refractivity contribution in [2.24, 2.45) is 23.7 Å². The molecule has 2 aliphatic carbocycles. The number of hydrogen-bond acceptors (Lipinski definition) is 1. The molecule has 1 N–H and O–H groups in total. The molecule has 1 heteroatoms. The SMILES string of the molecule is CCNC(C1CCC(C)CC1)C1CCCC(CC)C1. The molecule has 2 aliphatic rings. The van der Waals surface area contributed by atoms with Crippen molar-refractivity contribution in [3.8, 4) is 0 Å². The highest BCUT2D eigenvalue weighted by Gasteiger charge is 2.33. The maximum atomic E-state index is 3.88. The molecule has 112 valence electrons. The first-order valence-corrected chi connectivity index (χ1v) is 8.97. The second-order valence-corrected chi connectivity index (χ2v) is 7.30. The van der Waals surface area contributed by atoms with Crippen LogP contribution in [0.1, 0.15) is 78.6 Å². The average Bonchev–Trinajstić information content (AvgIpc) is 2.46. The van der Waals surface area contributed by atoms with Gasteiger partial charge < -0.3 is 5.32 Å². The molecular formula is C18H35N. The summed E-state index contributed by atoms with van der Waals surface area (Å²) < 4.78 is 0. The van der Waals surface area contributed by atoms with Gasteiger partial charge in [0.25, 0.3) is 0 Å². The predicted molar refractivity (Wildman–Crippen MR) is 84.3 cm³/mol. The molecular weight excluding hydrogens is 230 g/mol. The number of hydrogen-bond donors (Lipinski definition) is 1. The lowest BCUT2D eigenvalue weighted by atomic mass is 9.69. The molecule has 3 unspecified atom stereocenters. The average molecular weight is 265 g/mol. The van der Waals surface area contributed by atoms with Gasteiger partial charge in [-0.15, -0.1) is 0 Å². The van der Waals surface area contributed by atoms with Crippen molar-refractivity contribution in [3.05, 3.63) is 0 Å². The van der Waals surface area contributed by atoms with Crippen LogP contribution in [-0.4, -0.2) is 12.6 Å². The van der Waals surface area contributed by atoms with E-state index in [9.17, 15) is 0 Å². The van der Waals surface area contributed by atoms with Gasteiger partial charge in [0.2, 0.25) is 0 Å². The van der Waals surface area contributed by atoms with Crippen LogP contribution in [0.15, 0.2) is 0 Å². The van der Waals surface area contributed by atoms with Crippen molar-refractivity contribution in [3.63, 3.8) is 0 Å². The summed E-state index contributed by atoms with van der Waals surface area (Å²) in [6.45, 7) is 8.27. The molecule has 0 radical (unpaired) electrons. The molecule has 0 aromatic rings. The smallest absolute Gasteiger partial charge is 0.0124 e.